The molecule has 2 N–H and O–H groups in total. The molecule has 2 aromatic heterocycles. The van der Waals surface area contributed by atoms with E-state index in [4.69, 9.17) is 0 Å². The van der Waals surface area contributed by atoms with E-state index >= 15 is 0 Å². The van der Waals surface area contributed by atoms with E-state index in [1.165, 1.54) is 37.0 Å². The van der Waals surface area contributed by atoms with Gasteiger partial charge in [0.1, 0.15) is 5.82 Å². The lowest BCUT2D eigenvalue weighted by Gasteiger charge is -2.13. The summed E-state index contributed by atoms with van der Waals surface area (Å²) in [5.74, 6) is 0.476. The molecule has 1 fully saturated rings. The van der Waals surface area contributed by atoms with E-state index in [0.29, 0.717) is 16.7 Å². The fourth-order valence-corrected chi connectivity index (χ4v) is 3.06. The summed E-state index contributed by atoms with van der Waals surface area (Å²) in [6.07, 6.45) is 6.86. The molecule has 1 aliphatic carbocycles. The molecule has 1 aliphatic rings. The zero-order valence-electron chi connectivity index (χ0n) is 11.1. The molecule has 1 saturated carbocycles. The van der Waals surface area contributed by atoms with Gasteiger partial charge in [0.15, 0.2) is 0 Å². The molecule has 1 amide bonds. The summed E-state index contributed by atoms with van der Waals surface area (Å²) in [6, 6.07) is 8.04. The van der Waals surface area contributed by atoms with Gasteiger partial charge in [-0.1, -0.05) is 18.9 Å². The number of thiophene rings is 1. The van der Waals surface area contributed by atoms with Gasteiger partial charge in [0.05, 0.1) is 16.8 Å². The van der Waals surface area contributed by atoms with Crippen LogP contribution in [0.2, 0.25) is 0 Å². The number of hydrogen-bond donors (Lipinski definition) is 2. The van der Waals surface area contributed by atoms with Crippen molar-refractivity contribution in [1.82, 2.24) is 4.98 Å². The average Bonchev–Trinajstić information content (AvgIpc) is 3.13. The number of nitrogens with one attached hydrogen (secondary N) is 2. The Morgan fingerprint density at radius 3 is 2.75 bits per heavy atom. The summed E-state index contributed by atoms with van der Waals surface area (Å²) in [5, 5.41) is 8.16. The van der Waals surface area contributed by atoms with E-state index in [1.54, 1.807) is 12.3 Å². The highest BCUT2D eigenvalue weighted by Gasteiger charge is 2.14. The Hall–Kier alpha value is -1.88. The van der Waals surface area contributed by atoms with Gasteiger partial charge in [0.25, 0.3) is 5.91 Å². The average molecular weight is 287 g/mol. The molecule has 0 radical (unpaired) electrons. The molecular weight excluding hydrogens is 270 g/mol. The smallest absolute Gasteiger partial charge is 0.266 e. The van der Waals surface area contributed by atoms with Crippen LogP contribution in [0.15, 0.2) is 35.8 Å². The first-order chi connectivity index (χ1) is 9.81. The van der Waals surface area contributed by atoms with Crippen LogP contribution >= 0.6 is 11.3 Å². The molecule has 0 aliphatic heterocycles. The van der Waals surface area contributed by atoms with Crippen LogP contribution in [-0.2, 0) is 0 Å². The Kier molecular flexibility index (Phi) is 3.97. The third-order valence-electron chi connectivity index (χ3n) is 3.48. The monoisotopic (exact) mass is 287 g/mol. The summed E-state index contributed by atoms with van der Waals surface area (Å²) < 4.78 is 0. The highest BCUT2D eigenvalue weighted by atomic mass is 32.1. The zero-order valence-corrected chi connectivity index (χ0v) is 12.0. The Labute approximate surface area is 122 Å². The van der Waals surface area contributed by atoms with Crippen molar-refractivity contribution in [3.63, 3.8) is 0 Å². The highest BCUT2D eigenvalue weighted by molar-refractivity contribution is 7.12. The van der Waals surface area contributed by atoms with Gasteiger partial charge in [-0.25, -0.2) is 4.98 Å². The summed E-state index contributed by atoms with van der Waals surface area (Å²) >= 11 is 1.42. The van der Waals surface area contributed by atoms with Gasteiger partial charge in [-0.3, -0.25) is 4.79 Å². The lowest BCUT2D eigenvalue weighted by molar-refractivity contribution is 0.103. The quantitative estimate of drug-likeness (QED) is 0.900. The number of anilines is 2. The van der Waals surface area contributed by atoms with Crippen LogP contribution < -0.4 is 10.6 Å². The van der Waals surface area contributed by atoms with E-state index < -0.39 is 0 Å². The molecule has 5 heteroatoms. The van der Waals surface area contributed by atoms with Crippen molar-refractivity contribution < 1.29 is 4.79 Å². The van der Waals surface area contributed by atoms with Crippen molar-refractivity contribution in [1.29, 1.82) is 0 Å². The molecule has 20 heavy (non-hydrogen) atoms. The van der Waals surface area contributed by atoms with E-state index in [2.05, 4.69) is 15.6 Å². The Balaban J connectivity index is 1.59. The summed E-state index contributed by atoms with van der Waals surface area (Å²) in [7, 11) is 0. The van der Waals surface area contributed by atoms with Gasteiger partial charge in [-0.15, -0.1) is 11.3 Å². The molecule has 2 heterocycles. The zero-order chi connectivity index (χ0) is 13.8. The van der Waals surface area contributed by atoms with Crippen LogP contribution in [0.5, 0.6) is 0 Å². The minimum Gasteiger partial charge on any atom is -0.381 e. The fraction of sp³-hybridized carbons (Fsp3) is 0.333. The topological polar surface area (TPSA) is 54.0 Å². The van der Waals surface area contributed by atoms with E-state index in [1.807, 2.05) is 23.6 Å². The molecule has 0 unspecified atom stereocenters. The molecule has 0 saturated heterocycles. The van der Waals surface area contributed by atoms with Crippen molar-refractivity contribution in [2.24, 2.45) is 0 Å². The normalized spacial score (nSPS) is 15.2. The number of pyridine rings is 1. The fourth-order valence-electron chi connectivity index (χ4n) is 2.44. The summed E-state index contributed by atoms with van der Waals surface area (Å²) in [6.45, 7) is 0. The first kappa shape index (κ1) is 13.1. The predicted octanol–water partition coefficient (Wildman–Crippen LogP) is 3.75. The standard InChI is InChI=1S/C15H17N3OS/c19-15(13-6-3-9-20-13)18-14-8-7-12(10-16-14)17-11-4-1-2-5-11/h3,6-11,17H,1-2,4-5H2,(H,16,18,19). The lowest BCUT2D eigenvalue weighted by Crippen LogP contribution is -2.15. The van der Waals surface area contributed by atoms with E-state index in [-0.39, 0.29) is 5.91 Å². The summed E-state index contributed by atoms with van der Waals surface area (Å²) in [5.41, 5.74) is 1.02. The van der Waals surface area contributed by atoms with Crippen molar-refractivity contribution in [3.8, 4) is 0 Å². The van der Waals surface area contributed by atoms with Gasteiger partial charge in [-0.2, -0.15) is 0 Å². The molecule has 104 valence electrons. The van der Waals surface area contributed by atoms with Crippen molar-refractivity contribution in [2.45, 2.75) is 31.7 Å². The number of carbonyl (C=O) groups is 1. The highest BCUT2D eigenvalue weighted by Crippen LogP contribution is 2.22. The minimum atomic E-state index is -0.107. The first-order valence-corrected chi connectivity index (χ1v) is 7.77. The van der Waals surface area contributed by atoms with Crippen LogP contribution in [0.1, 0.15) is 35.4 Å². The van der Waals surface area contributed by atoms with Gasteiger partial charge >= 0.3 is 0 Å². The number of amides is 1. The largest absolute Gasteiger partial charge is 0.381 e. The second-order valence-corrected chi connectivity index (χ2v) is 5.94. The van der Waals surface area contributed by atoms with Crippen LogP contribution in [0.25, 0.3) is 0 Å². The van der Waals surface area contributed by atoms with Crippen molar-refractivity contribution in [2.75, 3.05) is 10.6 Å². The molecule has 0 bridgehead atoms. The van der Waals surface area contributed by atoms with Gasteiger partial charge in [-0.05, 0) is 36.4 Å². The van der Waals surface area contributed by atoms with Crippen molar-refractivity contribution in [3.05, 3.63) is 40.7 Å². The second kappa shape index (κ2) is 6.05. The number of aromatic nitrogens is 1. The Morgan fingerprint density at radius 2 is 2.10 bits per heavy atom. The van der Waals surface area contributed by atoms with Gasteiger partial charge < -0.3 is 10.6 Å². The lowest BCUT2D eigenvalue weighted by atomic mass is 10.2. The predicted molar refractivity (Wildman–Crippen MR) is 82.4 cm³/mol. The SMILES string of the molecule is O=C(Nc1ccc(NC2CCCC2)cn1)c1cccs1. The van der Waals surface area contributed by atoms with Crippen LogP contribution in [0, 0.1) is 0 Å². The molecule has 2 aromatic rings. The maximum absolute atomic E-state index is 11.9. The van der Waals surface area contributed by atoms with Crippen LogP contribution in [0.4, 0.5) is 11.5 Å². The van der Waals surface area contributed by atoms with Crippen molar-refractivity contribution >= 4 is 28.7 Å². The molecule has 0 atom stereocenters. The number of rotatable bonds is 4. The first-order valence-electron chi connectivity index (χ1n) is 6.89. The van der Waals surface area contributed by atoms with E-state index in [0.717, 1.165) is 5.69 Å². The third-order valence-corrected chi connectivity index (χ3v) is 4.34. The third kappa shape index (κ3) is 3.17. The molecular formula is C15H17N3OS. The number of nitrogens with zero attached hydrogens (tertiary/aromatic N) is 1. The molecule has 3 rings (SSSR count). The minimum absolute atomic E-state index is 0.107. The maximum Gasteiger partial charge on any atom is 0.266 e. The molecule has 0 spiro atoms. The molecule has 4 nitrogen and oxygen atoms in total. The van der Waals surface area contributed by atoms with Gasteiger partial charge in [0.2, 0.25) is 0 Å². The Bertz CT molecular complexity index is 559. The summed E-state index contributed by atoms with van der Waals surface area (Å²) in [4.78, 5) is 16.9. The van der Waals surface area contributed by atoms with Crippen LogP contribution in [0.3, 0.4) is 0 Å². The van der Waals surface area contributed by atoms with Crippen LogP contribution in [-0.4, -0.2) is 16.9 Å². The number of hydrogen-bond acceptors (Lipinski definition) is 4. The van der Waals surface area contributed by atoms with Gasteiger partial charge in [0, 0.05) is 6.04 Å². The molecule has 0 aromatic carbocycles. The second-order valence-electron chi connectivity index (χ2n) is 4.99. The maximum atomic E-state index is 11.9. The number of carbonyl (C=O) groups excluding carboxylic acids is 1. The Morgan fingerprint density at radius 1 is 1.25 bits per heavy atom. The van der Waals surface area contributed by atoms with E-state index in [9.17, 15) is 4.79 Å².